The van der Waals surface area contributed by atoms with Crippen molar-refractivity contribution in [3.63, 3.8) is 0 Å². The molecule has 1 aliphatic carbocycles. The predicted octanol–water partition coefficient (Wildman–Crippen LogP) is 4.23. The molecule has 2 atom stereocenters. The van der Waals surface area contributed by atoms with E-state index in [4.69, 9.17) is 0 Å². The molecule has 0 heterocycles. The van der Waals surface area contributed by atoms with Gasteiger partial charge >= 0.3 is 6.18 Å². The van der Waals surface area contributed by atoms with Gasteiger partial charge < -0.3 is 5.32 Å². The number of unbranched alkanes of at least 4 members (excludes halogenated alkanes) is 2. The van der Waals surface area contributed by atoms with Gasteiger partial charge in [0.25, 0.3) is 0 Å². The highest BCUT2D eigenvalue weighted by Gasteiger charge is 2.45. The number of rotatable bonds is 7. The van der Waals surface area contributed by atoms with Crippen LogP contribution in [0.25, 0.3) is 0 Å². The van der Waals surface area contributed by atoms with Gasteiger partial charge in [0.1, 0.15) is 0 Å². The van der Waals surface area contributed by atoms with Crippen LogP contribution in [0.3, 0.4) is 0 Å². The Bertz CT molecular complexity index is 221. The number of alkyl halides is 3. The van der Waals surface area contributed by atoms with Crippen molar-refractivity contribution in [3.05, 3.63) is 0 Å². The quantitative estimate of drug-likeness (QED) is 0.702. The molecule has 0 aromatic heterocycles. The first kappa shape index (κ1) is 16.2. The Balaban J connectivity index is 2.21. The summed E-state index contributed by atoms with van der Waals surface area (Å²) < 4.78 is 38.5. The zero-order valence-corrected chi connectivity index (χ0v) is 11.9. The molecule has 0 aliphatic heterocycles. The van der Waals surface area contributed by atoms with Crippen LogP contribution in [-0.2, 0) is 0 Å². The average Bonchev–Trinajstić information content (AvgIpc) is 2.33. The van der Waals surface area contributed by atoms with E-state index in [2.05, 4.69) is 11.6 Å². The van der Waals surface area contributed by atoms with Crippen LogP contribution in [0.4, 0.5) is 13.2 Å². The first-order valence-corrected chi connectivity index (χ1v) is 8.24. The van der Waals surface area contributed by atoms with E-state index in [-0.39, 0.29) is 6.04 Å². The normalized spacial score (nSPS) is 25.3. The molecule has 1 saturated carbocycles. The number of halogens is 3. The standard InChI is InChI=1S/C13H24F3NS/c1-18-10-6-2-5-9-17-12-8-4-3-7-11(12)13(14,15)16/h11-12,17H,2-10H2,1H3. The van der Waals surface area contributed by atoms with E-state index in [1.54, 1.807) is 0 Å². The number of thioether (sulfide) groups is 1. The van der Waals surface area contributed by atoms with E-state index in [0.717, 1.165) is 44.4 Å². The second-order valence-electron chi connectivity index (χ2n) is 5.05. The van der Waals surface area contributed by atoms with Gasteiger partial charge in [-0.1, -0.05) is 19.3 Å². The summed E-state index contributed by atoms with van der Waals surface area (Å²) in [5, 5.41) is 3.13. The predicted molar refractivity (Wildman–Crippen MR) is 72.0 cm³/mol. The maximum absolute atomic E-state index is 12.8. The molecule has 2 unspecified atom stereocenters. The fourth-order valence-electron chi connectivity index (χ4n) is 2.60. The van der Waals surface area contributed by atoms with E-state index >= 15 is 0 Å². The zero-order chi connectivity index (χ0) is 13.4. The summed E-state index contributed by atoms with van der Waals surface area (Å²) in [7, 11) is 0. The van der Waals surface area contributed by atoms with Gasteiger partial charge in [0.2, 0.25) is 0 Å². The Morgan fingerprint density at radius 2 is 1.83 bits per heavy atom. The SMILES string of the molecule is CSCCCCCNC1CCCCC1C(F)(F)F. The Kier molecular flexibility index (Phi) is 7.46. The average molecular weight is 283 g/mol. The molecule has 1 rings (SSSR count). The van der Waals surface area contributed by atoms with Crippen LogP contribution in [0, 0.1) is 5.92 Å². The van der Waals surface area contributed by atoms with Gasteiger partial charge in [-0.3, -0.25) is 0 Å². The van der Waals surface area contributed by atoms with Crippen LogP contribution in [0.5, 0.6) is 0 Å². The van der Waals surface area contributed by atoms with Crippen molar-refractivity contribution in [2.24, 2.45) is 5.92 Å². The van der Waals surface area contributed by atoms with Crippen molar-refractivity contribution in [3.8, 4) is 0 Å². The maximum atomic E-state index is 12.8. The van der Waals surface area contributed by atoms with E-state index in [1.807, 2.05) is 11.8 Å². The smallest absolute Gasteiger partial charge is 0.313 e. The van der Waals surface area contributed by atoms with Crippen molar-refractivity contribution in [2.45, 2.75) is 57.2 Å². The largest absolute Gasteiger partial charge is 0.393 e. The molecular weight excluding hydrogens is 259 g/mol. The Morgan fingerprint density at radius 1 is 1.11 bits per heavy atom. The molecule has 5 heteroatoms. The molecule has 1 nitrogen and oxygen atoms in total. The van der Waals surface area contributed by atoms with Crippen molar-refractivity contribution in [1.29, 1.82) is 0 Å². The minimum absolute atomic E-state index is 0.299. The van der Waals surface area contributed by atoms with E-state index < -0.39 is 12.1 Å². The highest BCUT2D eigenvalue weighted by Crippen LogP contribution is 2.37. The summed E-state index contributed by atoms with van der Waals surface area (Å²) >= 11 is 1.82. The molecule has 0 bridgehead atoms. The molecule has 0 amide bonds. The molecule has 0 saturated heterocycles. The lowest BCUT2D eigenvalue weighted by Gasteiger charge is -2.33. The van der Waals surface area contributed by atoms with Crippen LogP contribution in [-0.4, -0.2) is 30.8 Å². The van der Waals surface area contributed by atoms with E-state index in [0.29, 0.717) is 12.8 Å². The lowest BCUT2D eigenvalue weighted by Crippen LogP contribution is -2.45. The van der Waals surface area contributed by atoms with Gasteiger partial charge in [-0.25, -0.2) is 0 Å². The third kappa shape index (κ3) is 5.83. The minimum atomic E-state index is -4.03. The molecule has 1 aliphatic rings. The molecule has 0 aromatic carbocycles. The van der Waals surface area contributed by atoms with Gasteiger partial charge in [-0.15, -0.1) is 0 Å². The van der Waals surface area contributed by atoms with Gasteiger partial charge in [-0.2, -0.15) is 24.9 Å². The van der Waals surface area contributed by atoms with Gasteiger partial charge in [0.15, 0.2) is 0 Å². The highest BCUT2D eigenvalue weighted by molar-refractivity contribution is 7.98. The Morgan fingerprint density at radius 3 is 2.50 bits per heavy atom. The lowest BCUT2D eigenvalue weighted by atomic mass is 9.84. The molecule has 0 aromatic rings. The van der Waals surface area contributed by atoms with Crippen molar-refractivity contribution < 1.29 is 13.2 Å². The van der Waals surface area contributed by atoms with Crippen LogP contribution in [0.15, 0.2) is 0 Å². The maximum Gasteiger partial charge on any atom is 0.393 e. The van der Waals surface area contributed by atoms with Gasteiger partial charge in [-0.05, 0) is 44.2 Å². The fraction of sp³-hybridized carbons (Fsp3) is 1.00. The third-order valence-corrected chi connectivity index (χ3v) is 4.32. The lowest BCUT2D eigenvalue weighted by molar-refractivity contribution is -0.188. The van der Waals surface area contributed by atoms with Crippen molar-refractivity contribution in [2.75, 3.05) is 18.6 Å². The molecule has 108 valence electrons. The highest BCUT2D eigenvalue weighted by atomic mass is 32.2. The topological polar surface area (TPSA) is 12.0 Å². The first-order chi connectivity index (χ1) is 8.55. The molecule has 1 N–H and O–H groups in total. The van der Waals surface area contributed by atoms with Crippen LogP contribution < -0.4 is 5.32 Å². The van der Waals surface area contributed by atoms with E-state index in [1.165, 1.54) is 0 Å². The zero-order valence-electron chi connectivity index (χ0n) is 11.1. The second-order valence-corrected chi connectivity index (χ2v) is 6.03. The Labute approximate surface area is 112 Å². The molecule has 1 fully saturated rings. The second kappa shape index (κ2) is 8.31. The fourth-order valence-corrected chi connectivity index (χ4v) is 3.10. The van der Waals surface area contributed by atoms with Crippen LogP contribution >= 0.6 is 11.8 Å². The van der Waals surface area contributed by atoms with Crippen molar-refractivity contribution in [1.82, 2.24) is 5.32 Å². The molecule has 18 heavy (non-hydrogen) atoms. The summed E-state index contributed by atoms with van der Waals surface area (Å²) in [4.78, 5) is 0. The van der Waals surface area contributed by atoms with Crippen LogP contribution in [0.1, 0.15) is 44.9 Å². The first-order valence-electron chi connectivity index (χ1n) is 6.84. The number of hydrogen-bond acceptors (Lipinski definition) is 2. The third-order valence-electron chi connectivity index (χ3n) is 3.62. The number of hydrogen-bond donors (Lipinski definition) is 1. The summed E-state index contributed by atoms with van der Waals surface area (Å²) in [6, 6.07) is -0.348. The Hall–Kier alpha value is 0.100. The monoisotopic (exact) mass is 283 g/mol. The summed E-state index contributed by atoms with van der Waals surface area (Å²) in [5.41, 5.74) is 0. The minimum Gasteiger partial charge on any atom is -0.313 e. The van der Waals surface area contributed by atoms with E-state index in [9.17, 15) is 13.2 Å². The van der Waals surface area contributed by atoms with Gasteiger partial charge in [0, 0.05) is 6.04 Å². The summed E-state index contributed by atoms with van der Waals surface area (Å²) in [6.45, 7) is 0.728. The molecular formula is C13H24F3NS. The number of nitrogens with one attached hydrogen (secondary N) is 1. The summed E-state index contributed by atoms with van der Waals surface area (Å²) in [5.74, 6) is 0.0201. The summed E-state index contributed by atoms with van der Waals surface area (Å²) in [6.07, 6.45) is 3.93. The molecule has 0 radical (unpaired) electrons. The van der Waals surface area contributed by atoms with Crippen molar-refractivity contribution >= 4 is 11.8 Å². The molecule has 0 spiro atoms. The van der Waals surface area contributed by atoms with Gasteiger partial charge in [0.05, 0.1) is 5.92 Å². The van der Waals surface area contributed by atoms with Crippen LogP contribution in [0.2, 0.25) is 0 Å².